The van der Waals surface area contributed by atoms with Gasteiger partial charge in [-0.15, -0.1) is 0 Å². The number of unbranched alkanes of at least 4 members (excludes halogenated alkanes) is 9. The first-order chi connectivity index (χ1) is 28.8. The number of carbonyl (C=O) groups excluding carboxylic acids is 2. The van der Waals surface area contributed by atoms with E-state index in [2.05, 4.69) is 129 Å². The summed E-state index contributed by atoms with van der Waals surface area (Å²) in [6, 6.07) is 0. The van der Waals surface area contributed by atoms with Crippen LogP contribution in [0.15, 0.2) is 109 Å². The summed E-state index contributed by atoms with van der Waals surface area (Å²) < 4.78 is 26.9. The smallest absolute Gasteiger partial charge is 0.463 e. The van der Waals surface area contributed by atoms with E-state index in [1.165, 1.54) is 19.3 Å². The number of hydrogen-bond acceptors (Lipinski definition) is 7. The number of ether oxygens (including phenoxy) is 1. The lowest BCUT2D eigenvalue weighted by Crippen LogP contribution is -2.27. The van der Waals surface area contributed by atoms with Gasteiger partial charge in [-0.2, -0.15) is 0 Å². The van der Waals surface area contributed by atoms with Crippen LogP contribution in [-0.4, -0.2) is 54.3 Å². The third-order valence-corrected chi connectivity index (χ3v) is 9.68. The van der Waals surface area contributed by atoms with Crippen molar-refractivity contribution in [1.29, 1.82) is 0 Å². The minimum atomic E-state index is -4.44. The van der Waals surface area contributed by atoms with Gasteiger partial charge in [-0.3, -0.25) is 18.6 Å². The molecule has 0 aliphatic rings. The van der Waals surface area contributed by atoms with Crippen molar-refractivity contribution in [3.05, 3.63) is 109 Å². The maximum atomic E-state index is 12.1. The number of phosphoric ester groups is 1. The molecule has 0 aromatic carbocycles. The van der Waals surface area contributed by atoms with Gasteiger partial charge in [-0.1, -0.05) is 155 Å². The number of phosphoric acid groups is 1. The largest absolute Gasteiger partial charge is 0.472 e. The molecule has 0 spiro atoms. The van der Waals surface area contributed by atoms with Crippen LogP contribution in [0.5, 0.6) is 0 Å². The van der Waals surface area contributed by atoms with Gasteiger partial charge in [0.15, 0.2) is 0 Å². The van der Waals surface area contributed by atoms with E-state index in [-0.39, 0.29) is 32.1 Å². The Hall–Kier alpha value is -3.33. The topological polar surface area (TPSA) is 131 Å². The standard InChI is InChI=1S/C49H80NO8P/c1-3-5-7-9-11-13-15-17-19-21-22-23-24-26-27-29-31-33-35-37-39-41-48(52)50-43-44-57-59(54,55)58-46-47(51)45-56-49(53)42-40-38-36-34-32-30-28-25-20-18-16-14-12-10-8-6-4-2/h5-8,11-14,17-20,22-23,26-27,31,33,47,51H,3-4,9-10,15-16,21,24-25,28-30,32,34-46H2,1-2H3,(H,50,52)(H,54,55)/b7-5-,8-6-,13-11-,14-12-,19-17-,20-18-,23-22-,27-26-,33-31-. The van der Waals surface area contributed by atoms with E-state index in [4.69, 9.17) is 13.8 Å². The Morgan fingerprint density at radius 1 is 0.525 bits per heavy atom. The van der Waals surface area contributed by atoms with Gasteiger partial charge in [-0.25, -0.2) is 4.57 Å². The molecule has 3 N–H and O–H groups in total. The highest BCUT2D eigenvalue weighted by molar-refractivity contribution is 7.47. The number of carbonyl (C=O) groups is 2. The Bertz CT molecular complexity index is 1330. The summed E-state index contributed by atoms with van der Waals surface area (Å²) in [4.78, 5) is 33.9. The summed E-state index contributed by atoms with van der Waals surface area (Å²) in [6.45, 7) is 3.24. The van der Waals surface area contributed by atoms with Crippen LogP contribution in [0.3, 0.4) is 0 Å². The molecule has 0 saturated heterocycles. The fourth-order valence-electron chi connectivity index (χ4n) is 5.40. The molecule has 0 rings (SSSR count). The van der Waals surface area contributed by atoms with Gasteiger partial charge in [0, 0.05) is 19.4 Å². The summed E-state index contributed by atoms with van der Waals surface area (Å²) in [5.74, 6) is -0.581. The van der Waals surface area contributed by atoms with Crippen LogP contribution in [-0.2, 0) is 27.9 Å². The first kappa shape index (κ1) is 55.7. The third kappa shape index (κ3) is 45.6. The van der Waals surface area contributed by atoms with Crippen LogP contribution in [0.2, 0.25) is 0 Å². The molecule has 0 bridgehead atoms. The Balaban J connectivity index is 3.71. The monoisotopic (exact) mass is 842 g/mol. The average molecular weight is 842 g/mol. The van der Waals surface area contributed by atoms with Gasteiger partial charge < -0.3 is 20.1 Å². The van der Waals surface area contributed by atoms with Gasteiger partial charge in [0.05, 0.1) is 13.2 Å². The zero-order chi connectivity index (χ0) is 43.2. The highest BCUT2D eigenvalue weighted by Crippen LogP contribution is 2.42. The maximum Gasteiger partial charge on any atom is 0.472 e. The summed E-state index contributed by atoms with van der Waals surface area (Å²) in [5.41, 5.74) is 0. The average Bonchev–Trinajstić information content (AvgIpc) is 3.22. The maximum absolute atomic E-state index is 12.1. The van der Waals surface area contributed by atoms with Crippen molar-refractivity contribution in [1.82, 2.24) is 5.32 Å². The molecule has 0 saturated carbocycles. The van der Waals surface area contributed by atoms with Crippen LogP contribution >= 0.6 is 7.82 Å². The van der Waals surface area contributed by atoms with Crippen LogP contribution in [0.1, 0.15) is 155 Å². The van der Waals surface area contributed by atoms with Crippen molar-refractivity contribution >= 4 is 19.7 Å². The molecule has 0 aromatic heterocycles. The van der Waals surface area contributed by atoms with Gasteiger partial charge >= 0.3 is 13.8 Å². The number of amides is 1. The van der Waals surface area contributed by atoms with Crippen molar-refractivity contribution in [2.75, 3.05) is 26.4 Å². The molecule has 0 aromatic rings. The third-order valence-electron chi connectivity index (χ3n) is 8.70. The molecule has 9 nitrogen and oxygen atoms in total. The summed E-state index contributed by atoms with van der Waals surface area (Å²) in [6.07, 6.45) is 58.8. The lowest BCUT2D eigenvalue weighted by atomic mass is 10.1. The molecule has 10 heteroatoms. The predicted octanol–water partition coefficient (Wildman–Crippen LogP) is 12.8. The van der Waals surface area contributed by atoms with Crippen molar-refractivity contribution in [2.24, 2.45) is 0 Å². The van der Waals surface area contributed by atoms with Crippen molar-refractivity contribution < 1.29 is 37.9 Å². The molecular weight excluding hydrogens is 762 g/mol. The van der Waals surface area contributed by atoms with E-state index in [0.717, 1.165) is 109 Å². The highest BCUT2D eigenvalue weighted by Gasteiger charge is 2.23. The molecular formula is C49H80NO8P. The minimum Gasteiger partial charge on any atom is -0.463 e. The molecule has 2 unspecified atom stereocenters. The fraction of sp³-hybridized carbons (Fsp3) is 0.592. The van der Waals surface area contributed by atoms with E-state index in [0.29, 0.717) is 6.42 Å². The highest BCUT2D eigenvalue weighted by atomic mass is 31.2. The van der Waals surface area contributed by atoms with E-state index in [9.17, 15) is 24.2 Å². The second kappa shape index (κ2) is 44.2. The molecule has 1 amide bonds. The number of aliphatic hydroxyl groups excluding tert-OH is 1. The quantitative estimate of drug-likeness (QED) is 0.0240. The summed E-state index contributed by atoms with van der Waals surface area (Å²) >= 11 is 0. The Morgan fingerprint density at radius 2 is 0.915 bits per heavy atom. The Kier molecular flexibility index (Phi) is 41.7. The van der Waals surface area contributed by atoms with Crippen LogP contribution in [0.4, 0.5) is 0 Å². The predicted molar refractivity (Wildman–Crippen MR) is 247 cm³/mol. The molecule has 0 aliphatic carbocycles. The van der Waals surface area contributed by atoms with Crippen molar-refractivity contribution in [2.45, 2.75) is 161 Å². The van der Waals surface area contributed by atoms with Crippen LogP contribution in [0.25, 0.3) is 0 Å². The lowest BCUT2D eigenvalue weighted by molar-refractivity contribution is -0.147. The van der Waals surface area contributed by atoms with E-state index < -0.39 is 26.5 Å². The zero-order valence-electron chi connectivity index (χ0n) is 36.6. The number of aliphatic hydroxyl groups is 1. The molecule has 0 radical (unpaired) electrons. The molecule has 2 atom stereocenters. The number of hydrogen-bond donors (Lipinski definition) is 3. The molecule has 0 fully saturated rings. The summed E-state index contributed by atoms with van der Waals surface area (Å²) in [7, 11) is -4.44. The fourth-order valence-corrected chi connectivity index (χ4v) is 6.15. The second-order valence-corrected chi connectivity index (χ2v) is 15.7. The van der Waals surface area contributed by atoms with Crippen molar-refractivity contribution in [3.63, 3.8) is 0 Å². The first-order valence-corrected chi connectivity index (χ1v) is 23.9. The van der Waals surface area contributed by atoms with Gasteiger partial charge in [0.25, 0.3) is 0 Å². The number of nitrogens with one attached hydrogen (secondary N) is 1. The van der Waals surface area contributed by atoms with Crippen molar-refractivity contribution in [3.8, 4) is 0 Å². The minimum absolute atomic E-state index is 0.0494. The normalized spacial score (nSPS) is 14.3. The Morgan fingerprint density at radius 3 is 1.39 bits per heavy atom. The van der Waals surface area contributed by atoms with E-state index >= 15 is 0 Å². The molecule has 0 heterocycles. The molecule has 59 heavy (non-hydrogen) atoms. The Labute approximate surface area is 358 Å². The van der Waals surface area contributed by atoms with Gasteiger partial charge in [0.1, 0.15) is 12.7 Å². The van der Waals surface area contributed by atoms with Crippen LogP contribution in [0, 0.1) is 0 Å². The van der Waals surface area contributed by atoms with Gasteiger partial charge in [-0.05, 0) is 96.3 Å². The summed E-state index contributed by atoms with van der Waals surface area (Å²) in [5, 5.41) is 12.7. The number of allylic oxidation sites excluding steroid dienone is 18. The van der Waals surface area contributed by atoms with Gasteiger partial charge in [0.2, 0.25) is 5.91 Å². The van der Waals surface area contributed by atoms with E-state index in [1.54, 1.807) is 0 Å². The van der Waals surface area contributed by atoms with E-state index in [1.807, 2.05) is 0 Å². The lowest BCUT2D eigenvalue weighted by Gasteiger charge is -2.15. The molecule has 0 aliphatic heterocycles. The second-order valence-electron chi connectivity index (χ2n) is 14.3. The number of rotatable bonds is 40. The SMILES string of the molecule is CC/C=C\C/C=C\C/C=C\C/C=C\C/C=C\C/C=C\CCCCC(=O)NCCOP(=O)(O)OCC(O)COC(=O)CCCCCCCCC/C=C\C/C=C\C/C=C\CC. The first-order valence-electron chi connectivity index (χ1n) is 22.4. The van der Waals surface area contributed by atoms with Crippen LogP contribution < -0.4 is 5.32 Å². The molecule has 334 valence electrons. The number of esters is 1. The zero-order valence-corrected chi connectivity index (χ0v) is 37.5.